The van der Waals surface area contributed by atoms with Crippen molar-refractivity contribution in [1.82, 2.24) is 5.32 Å². The Morgan fingerprint density at radius 3 is 2.32 bits per heavy atom. The topological polar surface area (TPSA) is 49.4 Å². The molecule has 6 heteroatoms. The number of rotatable bonds is 3. The van der Waals surface area contributed by atoms with Gasteiger partial charge in [-0.2, -0.15) is 0 Å². The summed E-state index contributed by atoms with van der Waals surface area (Å²) in [5.74, 6) is -0.963. The number of thiocarbonyl (C=S) groups is 1. The molecule has 1 heterocycles. The van der Waals surface area contributed by atoms with Crippen LogP contribution in [0.5, 0.6) is 0 Å². The molecule has 1 fully saturated rings. The summed E-state index contributed by atoms with van der Waals surface area (Å²) in [5, 5.41) is 3.16. The van der Waals surface area contributed by atoms with Gasteiger partial charge in [0.2, 0.25) is 0 Å². The SMILES string of the molecule is CCc1ccc(C=C2C(=O)NC(=S)N(c3ccc(Cl)cc3)C2=O)cc1. The molecule has 2 aromatic carbocycles. The molecule has 1 aliphatic rings. The van der Waals surface area contributed by atoms with Crippen molar-refractivity contribution in [3.05, 3.63) is 70.3 Å². The van der Waals surface area contributed by atoms with Gasteiger partial charge in [0.25, 0.3) is 11.8 Å². The highest BCUT2D eigenvalue weighted by Gasteiger charge is 2.34. The number of nitrogens with one attached hydrogen (secondary N) is 1. The largest absolute Gasteiger partial charge is 0.298 e. The maximum absolute atomic E-state index is 12.8. The van der Waals surface area contributed by atoms with Gasteiger partial charge in [-0.25, -0.2) is 0 Å². The van der Waals surface area contributed by atoms with Gasteiger partial charge >= 0.3 is 0 Å². The Balaban J connectivity index is 1.97. The lowest BCUT2D eigenvalue weighted by Gasteiger charge is -2.28. The second-order valence-electron chi connectivity index (χ2n) is 5.53. The molecule has 126 valence electrons. The third-order valence-electron chi connectivity index (χ3n) is 3.89. The van der Waals surface area contributed by atoms with Gasteiger partial charge in [-0.05, 0) is 60.1 Å². The fourth-order valence-electron chi connectivity index (χ4n) is 2.50. The van der Waals surface area contributed by atoms with Crippen LogP contribution < -0.4 is 10.2 Å². The first-order valence-corrected chi connectivity index (χ1v) is 8.54. The quantitative estimate of drug-likeness (QED) is 0.508. The molecule has 0 bridgehead atoms. The summed E-state index contributed by atoms with van der Waals surface area (Å²) in [4.78, 5) is 26.4. The van der Waals surface area contributed by atoms with E-state index in [9.17, 15) is 9.59 Å². The number of carbonyl (C=O) groups is 2. The molecule has 1 saturated heterocycles. The number of hydrogen-bond donors (Lipinski definition) is 1. The lowest BCUT2D eigenvalue weighted by molar-refractivity contribution is -0.122. The van der Waals surface area contributed by atoms with E-state index in [0.29, 0.717) is 10.7 Å². The molecule has 0 aromatic heterocycles. The van der Waals surface area contributed by atoms with E-state index in [1.807, 2.05) is 24.3 Å². The van der Waals surface area contributed by atoms with Gasteiger partial charge in [0.15, 0.2) is 5.11 Å². The van der Waals surface area contributed by atoms with Crippen molar-refractivity contribution < 1.29 is 9.59 Å². The van der Waals surface area contributed by atoms with E-state index in [4.69, 9.17) is 23.8 Å². The van der Waals surface area contributed by atoms with Crippen molar-refractivity contribution in [2.24, 2.45) is 0 Å². The summed E-state index contributed by atoms with van der Waals surface area (Å²) >= 11 is 11.0. The number of halogens is 1. The predicted octanol–water partition coefficient (Wildman–Crippen LogP) is 3.73. The zero-order valence-electron chi connectivity index (χ0n) is 13.5. The van der Waals surface area contributed by atoms with Crippen molar-refractivity contribution in [3.63, 3.8) is 0 Å². The Bertz CT molecular complexity index is 873. The van der Waals surface area contributed by atoms with Gasteiger partial charge in [0.1, 0.15) is 5.57 Å². The van der Waals surface area contributed by atoms with Gasteiger partial charge in [0.05, 0.1) is 5.69 Å². The molecule has 0 spiro atoms. The highest BCUT2D eigenvalue weighted by atomic mass is 35.5. The van der Waals surface area contributed by atoms with Crippen LogP contribution in [0.1, 0.15) is 18.1 Å². The molecule has 0 aliphatic carbocycles. The molecule has 3 rings (SSSR count). The second kappa shape index (κ2) is 7.17. The molecule has 0 unspecified atom stereocenters. The number of nitrogens with zero attached hydrogens (tertiary/aromatic N) is 1. The lowest BCUT2D eigenvalue weighted by atomic mass is 10.0. The number of aryl methyl sites for hydroxylation is 1. The minimum absolute atomic E-state index is 0.0350. The highest BCUT2D eigenvalue weighted by Crippen LogP contribution is 2.23. The van der Waals surface area contributed by atoms with Crippen LogP contribution in [-0.4, -0.2) is 16.9 Å². The zero-order valence-corrected chi connectivity index (χ0v) is 15.0. The number of anilines is 1. The first-order chi connectivity index (χ1) is 12.0. The van der Waals surface area contributed by atoms with Crippen LogP contribution in [0, 0.1) is 0 Å². The monoisotopic (exact) mass is 370 g/mol. The zero-order chi connectivity index (χ0) is 18.0. The highest BCUT2D eigenvalue weighted by molar-refractivity contribution is 7.80. The molecule has 0 atom stereocenters. The number of amides is 2. The van der Waals surface area contributed by atoms with Crippen molar-refractivity contribution >= 4 is 52.5 Å². The van der Waals surface area contributed by atoms with Crippen molar-refractivity contribution in [2.45, 2.75) is 13.3 Å². The first kappa shape index (κ1) is 17.3. The van der Waals surface area contributed by atoms with E-state index >= 15 is 0 Å². The van der Waals surface area contributed by atoms with Crippen LogP contribution in [0.15, 0.2) is 54.1 Å². The minimum Gasteiger partial charge on any atom is -0.298 e. The lowest BCUT2D eigenvalue weighted by Crippen LogP contribution is -2.54. The fourth-order valence-corrected chi connectivity index (χ4v) is 2.91. The average molecular weight is 371 g/mol. The van der Waals surface area contributed by atoms with Crippen LogP contribution in [0.4, 0.5) is 5.69 Å². The van der Waals surface area contributed by atoms with Crippen LogP contribution in [0.25, 0.3) is 6.08 Å². The Morgan fingerprint density at radius 2 is 1.72 bits per heavy atom. The average Bonchev–Trinajstić information content (AvgIpc) is 2.60. The molecule has 2 amide bonds. The molecule has 25 heavy (non-hydrogen) atoms. The van der Waals surface area contributed by atoms with E-state index in [2.05, 4.69) is 12.2 Å². The summed E-state index contributed by atoms with van der Waals surface area (Å²) < 4.78 is 0. The summed E-state index contributed by atoms with van der Waals surface area (Å²) in [7, 11) is 0. The molecule has 1 aliphatic heterocycles. The van der Waals surface area contributed by atoms with E-state index in [1.165, 1.54) is 10.5 Å². The number of carbonyl (C=O) groups excluding carboxylic acids is 2. The van der Waals surface area contributed by atoms with E-state index in [0.717, 1.165) is 12.0 Å². The van der Waals surface area contributed by atoms with Crippen LogP contribution in [0.3, 0.4) is 0 Å². The molecular formula is C19H15ClN2O2S. The fraction of sp³-hybridized carbons (Fsp3) is 0.105. The predicted molar refractivity (Wildman–Crippen MR) is 103 cm³/mol. The van der Waals surface area contributed by atoms with E-state index < -0.39 is 11.8 Å². The number of benzene rings is 2. The van der Waals surface area contributed by atoms with Crippen molar-refractivity contribution in [3.8, 4) is 0 Å². The summed E-state index contributed by atoms with van der Waals surface area (Å²) in [6.45, 7) is 2.07. The van der Waals surface area contributed by atoms with Crippen LogP contribution in [-0.2, 0) is 16.0 Å². The molecule has 0 saturated carbocycles. The molecule has 0 radical (unpaired) electrons. The third kappa shape index (κ3) is 3.62. The summed E-state index contributed by atoms with van der Waals surface area (Å²) in [5.41, 5.74) is 2.55. The van der Waals surface area contributed by atoms with Crippen molar-refractivity contribution in [2.75, 3.05) is 4.90 Å². The van der Waals surface area contributed by atoms with Crippen LogP contribution >= 0.6 is 23.8 Å². The maximum atomic E-state index is 12.8. The van der Waals surface area contributed by atoms with E-state index in [-0.39, 0.29) is 10.7 Å². The third-order valence-corrected chi connectivity index (χ3v) is 4.42. The summed E-state index contributed by atoms with van der Waals surface area (Å²) in [6, 6.07) is 14.4. The first-order valence-electron chi connectivity index (χ1n) is 7.75. The molecule has 4 nitrogen and oxygen atoms in total. The van der Waals surface area contributed by atoms with Gasteiger partial charge < -0.3 is 0 Å². The standard InChI is InChI=1S/C19H15ClN2O2S/c1-2-12-3-5-13(6-4-12)11-16-17(23)21-19(25)22(18(16)24)15-9-7-14(20)8-10-15/h3-11H,2H2,1H3,(H,21,23,25). The van der Waals surface area contributed by atoms with Crippen LogP contribution in [0.2, 0.25) is 5.02 Å². The molecule has 1 N–H and O–H groups in total. The Kier molecular flexibility index (Phi) is 4.97. The van der Waals surface area contributed by atoms with Gasteiger partial charge in [-0.1, -0.05) is 42.8 Å². The smallest absolute Gasteiger partial charge is 0.270 e. The minimum atomic E-state index is -0.500. The summed E-state index contributed by atoms with van der Waals surface area (Å²) in [6.07, 6.45) is 2.50. The maximum Gasteiger partial charge on any atom is 0.270 e. The Hall–Kier alpha value is -2.50. The normalized spacial score (nSPS) is 16.3. The molecular weight excluding hydrogens is 356 g/mol. The van der Waals surface area contributed by atoms with Crippen molar-refractivity contribution in [1.29, 1.82) is 0 Å². The number of hydrogen-bond acceptors (Lipinski definition) is 3. The second-order valence-corrected chi connectivity index (χ2v) is 6.35. The van der Waals surface area contributed by atoms with Gasteiger partial charge in [-0.15, -0.1) is 0 Å². The van der Waals surface area contributed by atoms with E-state index in [1.54, 1.807) is 30.3 Å². The molecule has 2 aromatic rings. The Morgan fingerprint density at radius 1 is 1.08 bits per heavy atom. The van der Waals surface area contributed by atoms with Gasteiger partial charge in [0, 0.05) is 5.02 Å². The van der Waals surface area contributed by atoms with Gasteiger partial charge in [-0.3, -0.25) is 19.8 Å². The Labute approximate surface area is 156 Å².